The molecule has 3 nitrogen and oxygen atoms in total. The number of rotatable bonds is 2. The Morgan fingerprint density at radius 1 is 1.26 bits per heavy atom. The Morgan fingerprint density at radius 3 is 2.47 bits per heavy atom. The normalized spacial score (nSPS) is 19.1. The van der Waals surface area contributed by atoms with Crippen LogP contribution >= 0.6 is 0 Å². The van der Waals surface area contributed by atoms with Crippen molar-refractivity contribution in [2.75, 3.05) is 0 Å². The second-order valence-corrected chi connectivity index (χ2v) is 11.4. The molecule has 104 valence electrons. The third kappa shape index (κ3) is 2.54. The number of benzene rings is 1. The Labute approximate surface area is 116 Å². The Kier molecular flexibility index (Phi) is 3.25. The molecule has 1 aliphatic heterocycles. The molecule has 0 fully saturated rings. The van der Waals surface area contributed by atoms with Crippen LogP contribution < -0.4 is 9.16 Å². The number of ether oxygens (including phenoxy) is 1. The van der Waals surface area contributed by atoms with Crippen LogP contribution in [0.4, 0.5) is 0 Å². The van der Waals surface area contributed by atoms with E-state index in [9.17, 15) is 4.79 Å². The Bertz CT molecular complexity index is 515. The van der Waals surface area contributed by atoms with Gasteiger partial charge in [-0.05, 0) is 37.2 Å². The van der Waals surface area contributed by atoms with Gasteiger partial charge in [0.05, 0.1) is 5.56 Å². The van der Waals surface area contributed by atoms with E-state index in [-0.39, 0.29) is 16.9 Å². The summed E-state index contributed by atoms with van der Waals surface area (Å²) in [5.41, 5.74) is 0.662. The van der Waals surface area contributed by atoms with Crippen molar-refractivity contribution < 1.29 is 14.0 Å². The first-order valence-corrected chi connectivity index (χ1v) is 9.56. The van der Waals surface area contributed by atoms with E-state index in [2.05, 4.69) is 33.9 Å². The van der Waals surface area contributed by atoms with Gasteiger partial charge in [-0.25, -0.2) is 0 Å². The first-order chi connectivity index (χ1) is 8.62. The van der Waals surface area contributed by atoms with Crippen LogP contribution in [0.15, 0.2) is 18.2 Å². The minimum absolute atomic E-state index is 0.0499. The summed E-state index contributed by atoms with van der Waals surface area (Å²) in [5.74, 6) is 1.50. The zero-order chi connectivity index (χ0) is 14.4. The SMILES string of the molecule is CC1Oc2cc(O[Si](C)(C)C(C)(C)C)ccc2C1=O. The lowest BCUT2D eigenvalue weighted by atomic mass is 10.1. The lowest BCUT2D eigenvalue weighted by molar-refractivity contribution is 0.0878. The van der Waals surface area contributed by atoms with Crippen LogP contribution in [0, 0.1) is 0 Å². The van der Waals surface area contributed by atoms with Gasteiger partial charge in [-0.3, -0.25) is 4.79 Å². The van der Waals surface area contributed by atoms with Crippen LogP contribution in [0.5, 0.6) is 11.5 Å². The molecule has 1 aromatic carbocycles. The summed E-state index contributed by atoms with van der Waals surface area (Å²) in [6.45, 7) is 12.8. The maximum absolute atomic E-state index is 11.8. The molecule has 4 heteroatoms. The largest absolute Gasteiger partial charge is 0.543 e. The number of hydrogen-bond donors (Lipinski definition) is 0. The molecule has 0 aromatic heterocycles. The molecule has 2 rings (SSSR count). The molecule has 0 saturated carbocycles. The van der Waals surface area contributed by atoms with E-state index in [0.29, 0.717) is 11.3 Å². The molecule has 0 aliphatic carbocycles. The van der Waals surface area contributed by atoms with Crippen molar-refractivity contribution in [2.24, 2.45) is 0 Å². The molecule has 19 heavy (non-hydrogen) atoms. The van der Waals surface area contributed by atoms with Crippen LogP contribution in [0.1, 0.15) is 38.1 Å². The van der Waals surface area contributed by atoms with E-state index in [1.165, 1.54) is 0 Å². The molecule has 1 aromatic rings. The predicted molar refractivity (Wildman–Crippen MR) is 78.7 cm³/mol. The summed E-state index contributed by atoms with van der Waals surface area (Å²) >= 11 is 0. The number of Topliss-reactive ketones (excluding diaryl/α,β-unsaturated/α-hetero) is 1. The van der Waals surface area contributed by atoms with Crippen molar-refractivity contribution >= 4 is 14.1 Å². The summed E-state index contributed by atoms with van der Waals surface area (Å²) in [6.07, 6.45) is -0.377. The lowest BCUT2D eigenvalue weighted by Crippen LogP contribution is -2.43. The van der Waals surface area contributed by atoms with Crippen molar-refractivity contribution in [1.82, 2.24) is 0 Å². The van der Waals surface area contributed by atoms with E-state index >= 15 is 0 Å². The number of carbonyl (C=O) groups excluding carboxylic acids is 1. The van der Waals surface area contributed by atoms with E-state index in [0.717, 1.165) is 5.75 Å². The molecular weight excluding hydrogens is 256 g/mol. The lowest BCUT2D eigenvalue weighted by Gasteiger charge is -2.36. The average molecular weight is 278 g/mol. The fourth-order valence-electron chi connectivity index (χ4n) is 1.78. The van der Waals surface area contributed by atoms with Gasteiger partial charge in [0, 0.05) is 6.07 Å². The second kappa shape index (κ2) is 4.37. The van der Waals surface area contributed by atoms with Crippen LogP contribution in [-0.2, 0) is 0 Å². The topological polar surface area (TPSA) is 35.5 Å². The summed E-state index contributed by atoms with van der Waals surface area (Å²) in [5, 5.41) is 0.149. The molecular formula is C15H22O3Si. The molecule has 0 amide bonds. The third-order valence-corrected chi connectivity index (χ3v) is 8.43. The average Bonchev–Trinajstić information content (AvgIpc) is 2.52. The van der Waals surface area contributed by atoms with Crippen LogP contribution in [0.2, 0.25) is 18.1 Å². The van der Waals surface area contributed by atoms with E-state index in [4.69, 9.17) is 9.16 Å². The van der Waals surface area contributed by atoms with E-state index < -0.39 is 8.32 Å². The van der Waals surface area contributed by atoms with E-state index in [1.807, 2.05) is 18.2 Å². The van der Waals surface area contributed by atoms with Crippen molar-refractivity contribution in [3.8, 4) is 11.5 Å². The van der Waals surface area contributed by atoms with Gasteiger partial charge in [0.25, 0.3) is 0 Å². The fourth-order valence-corrected chi connectivity index (χ4v) is 2.80. The van der Waals surface area contributed by atoms with Gasteiger partial charge >= 0.3 is 0 Å². The molecule has 0 N–H and O–H groups in total. The third-order valence-electron chi connectivity index (χ3n) is 4.07. The highest BCUT2D eigenvalue weighted by Gasteiger charge is 2.39. The summed E-state index contributed by atoms with van der Waals surface area (Å²) in [4.78, 5) is 11.8. The van der Waals surface area contributed by atoms with Gasteiger partial charge in [0.15, 0.2) is 6.10 Å². The highest BCUT2D eigenvalue weighted by Crippen LogP contribution is 2.39. The highest BCUT2D eigenvalue weighted by molar-refractivity contribution is 6.74. The van der Waals surface area contributed by atoms with Gasteiger partial charge in [0.2, 0.25) is 14.1 Å². The van der Waals surface area contributed by atoms with Crippen LogP contribution in [0.3, 0.4) is 0 Å². The second-order valence-electron chi connectivity index (χ2n) is 6.64. The zero-order valence-electron chi connectivity index (χ0n) is 12.5. The van der Waals surface area contributed by atoms with E-state index in [1.54, 1.807) is 6.92 Å². The minimum atomic E-state index is -1.85. The van der Waals surface area contributed by atoms with Gasteiger partial charge in [-0.15, -0.1) is 0 Å². The van der Waals surface area contributed by atoms with Crippen LogP contribution in [0.25, 0.3) is 0 Å². The molecule has 1 unspecified atom stereocenters. The summed E-state index contributed by atoms with van der Waals surface area (Å²) < 4.78 is 11.8. The Morgan fingerprint density at radius 2 is 1.89 bits per heavy atom. The maximum Gasteiger partial charge on any atom is 0.250 e. The molecule has 0 radical (unpaired) electrons. The van der Waals surface area contributed by atoms with Gasteiger partial charge < -0.3 is 9.16 Å². The van der Waals surface area contributed by atoms with Crippen molar-refractivity contribution in [2.45, 2.75) is 51.9 Å². The predicted octanol–water partition coefficient (Wildman–Crippen LogP) is 4.03. The molecule has 0 saturated heterocycles. The van der Waals surface area contributed by atoms with Crippen LogP contribution in [-0.4, -0.2) is 20.2 Å². The molecule has 1 atom stereocenters. The number of fused-ring (bicyclic) bond motifs is 1. The maximum atomic E-state index is 11.8. The zero-order valence-corrected chi connectivity index (χ0v) is 13.5. The molecule has 1 heterocycles. The van der Waals surface area contributed by atoms with Crippen molar-refractivity contribution in [1.29, 1.82) is 0 Å². The molecule has 0 bridgehead atoms. The Balaban J connectivity index is 2.26. The fraction of sp³-hybridized carbons (Fsp3) is 0.533. The van der Waals surface area contributed by atoms with Crippen molar-refractivity contribution in [3.63, 3.8) is 0 Å². The number of ketones is 1. The summed E-state index contributed by atoms with van der Waals surface area (Å²) in [6, 6.07) is 5.53. The summed E-state index contributed by atoms with van der Waals surface area (Å²) in [7, 11) is -1.85. The quantitative estimate of drug-likeness (QED) is 0.766. The molecule has 1 aliphatic rings. The van der Waals surface area contributed by atoms with Gasteiger partial charge in [0.1, 0.15) is 11.5 Å². The van der Waals surface area contributed by atoms with Crippen molar-refractivity contribution in [3.05, 3.63) is 23.8 Å². The number of carbonyl (C=O) groups is 1. The first-order valence-electron chi connectivity index (χ1n) is 6.66. The Hall–Kier alpha value is -1.29. The smallest absolute Gasteiger partial charge is 0.250 e. The van der Waals surface area contributed by atoms with Gasteiger partial charge in [-0.1, -0.05) is 20.8 Å². The molecule has 0 spiro atoms. The standard InChI is InChI=1S/C15H22O3Si/c1-10-14(16)12-8-7-11(9-13(12)17-10)18-19(5,6)15(2,3)4/h7-10H,1-6H3. The number of hydrogen-bond acceptors (Lipinski definition) is 3. The van der Waals surface area contributed by atoms with Gasteiger partial charge in [-0.2, -0.15) is 0 Å². The monoisotopic (exact) mass is 278 g/mol. The highest BCUT2D eigenvalue weighted by atomic mass is 28.4. The first kappa shape index (κ1) is 14.1. The minimum Gasteiger partial charge on any atom is -0.543 e.